The minimum atomic E-state index is -2.87. The van der Waals surface area contributed by atoms with E-state index in [0.29, 0.717) is 21.9 Å². The van der Waals surface area contributed by atoms with Gasteiger partial charge in [0.05, 0.1) is 10.7 Å². The normalized spacial score (nSPS) is 11.2. The van der Waals surface area contributed by atoms with Crippen molar-refractivity contribution in [3.63, 3.8) is 0 Å². The number of alkyl halides is 2. The second kappa shape index (κ2) is 5.09. The Morgan fingerprint density at radius 2 is 1.90 bits per heavy atom. The van der Waals surface area contributed by atoms with E-state index in [1.165, 1.54) is 6.07 Å². The van der Waals surface area contributed by atoms with Crippen LogP contribution in [-0.2, 0) is 0 Å². The summed E-state index contributed by atoms with van der Waals surface area (Å²) >= 11 is 5.90. The molecule has 0 saturated carbocycles. The van der Waals surface area contributed by atoms with Gasteiger partial charge in [-0.25, -0.2) is 4.98 Å². The fraction of sp³-hybridized carbons (Fsp3) is 0.0714. The topological polar surface area (TPSA) is 26.5 Å². The van der Waals surface area contributed by atoms with Gasteiger partial charge in [-0.1, -0.05) is 23.7 Å². The molecule has 2 aromatic heterocycles. The molecular formula is C14H9ClF2N2O. The van der Waals surface area contributed by atoms with Crippen LogP contribution < -0.4 is 4.74 Å². The van der Waals surface area contributed by atoms with Crippen molar-refractivity contribution in [1.82, 2.24) is 9.38 Å². The quantitative estimate of drug-likeness (QED) is 0.721. The van der Waals surface area contributed by atoms with Crippen LogP contribution in [0.3, 0.4) is 0 Å². The van der Waals surface area contributed by atoms with Crippen molar-refractivity contribution in [3.05, 3.63) is 53.8 Å². The molecule has 0 radical (unpaired) electrons. The number of halogens is 3. The van der Waals surface area contributed by atoms with Gasteiger partial charge in [0.15, 0.2) is 0 Å². The Kier molecular flexibility index (Phi) is 3.28. The molecule has 3 aromatic rings. The highest BCUT2D eigenvalue weighted by atomic mass is 35.5. The third-order valence-electron chi connectivity index (χ3n) is 2.79. The third kappa shape index (κ3) is 2.44. The molecule has 0 aliphatic rings. The van der Waals surface area contributed by atoms with Gasteiger partial charge in [0.25, 0.3) is 0 Å². The maximum atomic E-state index is 12.4. The molecule has 0 aliphatic carbocycles. The van der Waals surface area contributed by atoms with E-state index in [-0.39, 0.29) is 5.75 Å². The summed E-state index contributed by atoms with van der Waals surface area (Å²) in [6.07, 6.45) is 3.42. The van der Waals surface area contributed by atoms with Gasteiger partial charge in [-0.2, -0.15) is 8.78 Å². The van der Waals surface area contributed by atoms with Crippen LogP contribution in [0.5, 0.6) is 5.75 Å². The SMILES string of the molecule is FC(F)Oc1ccccc1-c1cn2cc(Cl)ccc2n1. The number of hydrogen-bond acceptors (Lipinski definition) is 2. The molecule has 0 atom stereocenters. The van der Waals surface area contributed by atoms with Gasteiger partial charge >= 0.3 is 6.61 Å². The fourth-order valence-electron chi connectivity index (χ4n) is 1.97. The third-order valence-corrected chi connectivity index (χ3v) is 3.02. The van der Waals surface area contributed by atoms with E-state index in [0.717, 1.165) is 0 Å². The van der Waals surface area contributed by atoms with Gasteiger partial charge in [-0.05, 0) is 24.3 Å². The molecule has 0 spiro atoms. The highest BCUT2D eigenvalue weighted by molar-refractivity contribution is 6.30. The van der Waals surface area contributed by atoms with Crippen LogP contribution in [0.25, 0.3) is 16.9 Å². The van der Waals surface area contributed by atoms with Crippen LogP contribution in [0.1, 0.15) is 0 Å². The summed E-state index contributed by atoms with van der Waals surface area (Å²) in [4.78, 5) is 4.37. The minimum Gasteiger partial charge on any atom is -0.434 e. The van der Waals surface area contributed by atoms with Gasteiger partial charge in [-0.3, -0.25) is 0 Å². The Labute approximate surface area is 118 Å². The van der Waals surface area contributed by atoms with Crippen molar-refractivity contribution in [2.24, 2.45) is 0 Å². The molecule has 0 amide bonds. The summed E-state index contributed by atoms with van der Waals surface area (Å²) in [7, 11) is 0. The maximum Gasteiger partial charge on any atom is 0.387 e. The number of aromatic nitrogens is 2. The molecule has 1 aromatic carbocycles. The van der Waals surface area contributed by atoms with Crippen LogP contribution >= 0.6 is 11.6 Å². The molecule has 0 saturated heterocycles. The predicted octanol–water partition coefficient (Wildman–Crippen LogP) is 4.26. The molecule has 0 unspecified atom stereocenters. The zero-order valence-corrected chi connectivity index (χ0v) is 10.9. The van der Waals surface area contributed by atoms with Gasteiger partial charge in [0.1, 0.15) is 11.4 Å². The van der Waals surface area contributed by atoms with E-state index >= 15 is 0 Å². The molecule has 6 heteroatoms. The molecule has 3 rings (SSSR count). The van der Waals surface area contributed by atoms with Crippen molar-refractivity contribution in [2.45, 2.75) is 6.61 Å². The second-order valence-electron chi connectivity index (χ2n) is 4.11. The Bertz CT molecular complexity index is 758. The summed E-state index contributed by atoms with van der Waals surface area (Å²) in [5.74, 6) is 0.0944. The van der Waals surface area contributed by atoms with E-state index in [1.807, 2.05) is 0 Å². The average Bonchev–Trinajstić information content (AvgIpc) is 2.81. The lowest BCUT2D eigenvalue weighted by molar-refractivity contribution is -0.0494. The molecule has 0 aliphatic heterocycles. The lowest BCUT2D eigenvalue weighted by Gasteiger charge is -2.08. The first-order chi connectivity index (χ1) is 9.63. The zero-order chi connectivity index (χ0) is 14.1. The number of pyridine rings is 1. The van der Waals surface area contributed by atoms with Crippen LogP contribution in [0.4, 0.5) is 8.78 Å². The minimum absolute atomic E-state index is 0.0944. The van der Waals surface area contributed by atoms with Gasteiger partial charge in [0.2, 0.25) is 0 Å². The van der Waals surface area contributed by atoms with Crippen molar-refractivity contribution in [2.75, 3.05) is 0 Å². The van der Waals surface area contributed by atoms with Crippen molar-refractivity contribution >= 4 is 17.2 Å². The van der Waals surface area contributed by atoms with Gasteiger partial charge in [-0.15, -0.1) is 0 Å². The van der Waals surface area contributed by atoms with Gasteiger partial charge < -0.3 is 9.14 Å². The number of ether oxygens (including phenoxy) is 1. The second-order valence-corrected chi connectivity index (χ2v) is 4.55. The predicted molar refractivity (Wildman–Crippen MR) is 72.3 cm³/mol. The largest absolute Gasteiger partial charge is 0.434 e. The first kappa shape index (κ1) is 12.9. The Morgan fingerprint density at radius 1 is 1.10 bits per heavy atom. The van der Waals surface area contributed by atoms with Crippen molar-refractivity contribution in [1.29, 1.82) is 0 Å². The molecule has 2 heterocycles. The summed E-state index contributed by atoms with van der Waals surface area (Å²) in [6.45, 7) is -2.87. The monoisotopic (exact) mass is 294 g/mol. The number of rotatable bonds is 3. The Hall–Kier alpha value is -2.14. The first-order valence-electron chi connectivity index (χ1n) is 5.82. The molecule has 3 nitrogen and oxygen atoms in total. The number of imidazole rings is 1. The highest BCUT2D eigenvalue weighted by Crippen LogP contribution is 2.30. The number of nitrogens with zero attached hydrogens (tertiary/aromatic N) is 2. The number of para-hydroxylation sites is 1. The van der Waals surface area contributed by atoms with E-state index in [9.17, 15) is 8.78 Å². The highest BCUT2D eigenvalue weighted by Gasteiger charge is 2.13. The summed E-state index contributed by atoms with van der Waals surface area (Å²) in [5.41, 5.74) is 1.73. The van der Waals surface area contributed by atoms with Crippen LogP contribution in [0, 0.1) is 0 Å². The lowest BCUT2D eigenvalue weighted by atomic mass is 10.1. The van der Waals surface area contributed by atoms with E-state index in [1.54, 1.807) is 47.1 Å². The van der Waals surface area contributed by atoms with E-state index < -0.39 is 6.61 Å². The molecule has 0 N–H and O–H groups in total. The first-order valence-corrected chi connectivity index (χ1v) is 6.20. The number of hydrogen-bond donors (Lipinski definition) is 0. The molecule has 0 fully saturated rings. The lowest BCUT2D eigenvalue weighted by Crippen LogP contribution is -2.03. The van der Waals surface area contributed by atoms with Crippen LogP contribution in [-0.4, -0.2) is 16.0 Å². The number of benzene rings is 1. The van der Waals surface area contributed by atoms with Crippen molar-refractivity contribution in [3.8, 4) is 17.0 Å². The standard InChI is InChI=1S/C14H9ClF2N2O/c15-9-5-6-13-18-11(8-19(13)7-9)10-3-1-2-4-12(10)20-14(16)17/h1-8,14H. The Morgan fingerprint density at radius 3 is 2.70 bits per heavy atom. The Balaban J connectivity index is 2.10. The molecule has 102 valence electrons. The van der Waals surface area contributed by atoms with Crippen molar-refractivity contribution < 1.29 is 13.5 Å². The van der Waals surface area contributed by atoms with Gasteiger partial charge in [0, 0.05) is 18.0 Å². The smallest absolute Gasteiger partial charge is 0.387 e. The molecule has 20 heavy (non-hydrogen) atoms. The zero-order valence-electron chi connectivity index (χ0n) is 10.1. The molecular weight excluding hydrogens is 286 g/mol. The fourth-order valence-corrected chi connectivity index (χ4v) is 2.14. The summed E-state index contributed by atoms with van der Waals surface area (Å²) in [6, 6.07) is 10.0. The van der Waals surface area contributed by atoms with Crippen LogP contribution in [0.15, 0.2) is 48.8 Å². The maximum absolute atomic E-state index is 12.4. The summed E-state index contributed by atoms with van der Waals surface area (Å²) in [5, 5.41) is 0.568. The molecule has 0 bridgehead atoms. The van der Waals surface area contributed by atoms with E-state index in [4.69, 9.17) is 11.6 Å². The summed E-state index contributed by atoms with van der Waals surface area (Å²) < 4.78 is 31.1. The van der Waals surface area contributed by atoms with E-state index in [2.05, 4.69) is 9.72 Å². The average molecular weight is 295 g/mol. The van der Waals surface area contributed by atoms with Crippen LogP contribution in [0.2, 0.25) is 5.02 Å². The number of fused-ring (bicyclic) bond motifs is 1.